The summed E-state index contributed by atoms with van der Waals surface area (Å²) in [7, 11) is 0. The lowest BCUT2D eigenvalue weighted by atomic mass is 9.82. The van der Waals surface area contributed by atoms with Crippen LogP contribution in [0, 0.1) is 22.7 Å². The molecule has 4 nitrogen and oxygen atoms in total. The summed E-state index contributed by atoms with van der Waals surface area (Å²) < 4.78 is 11.3. The molecule has 0 N–H and O–H groups in total. The van der Waals surface area contributed by atoms with Crippen molar-refractivity contribution in [3.63, 3.8) is 0 Å². The van der Waals surface area contributed by atoms with Crippen LogP contribution in [0.1, 0.15) is 157 Å². The minimum Gasteiger partial charge on any atom is -0.465 e. The number of rotatable bonds is 20. The largest absolute Gasteiger partial charge is 0.465 e. The van der Waals surface area contributed by atoms with Gasteiger partial charge < -0.3 is 9.47 Å². The Morgan fingerprint density at radius 2 is 0.889 bits per heavy atom. The van der Waals surface area contributed by atoms with Gasteiger partial charge in [-0.15, -0.1) is 0 Å². The monoisotopic (exact) mass is 508 g/mol. The molecular formula is C32H60O4. The van der Waals surface area contributed by atoms with Gasteiger partial charge in [0.2, 0.25) is 0 Å². The van der Waals surface area contributed by atoms with Crippen molar-refractivity contribution in [3.05, 3.63) is 0 Å². The van der Waals surface area contributed by atoms with Crippen LogP contribution in [-0.2, 0) is 19.1 Å². The number of unbranched alkanes of at least 4 members (excludes halogenated alkanes) is 8. The molecule has 36 heavy (non-hydrogen) atoms. The van der Waals surface area contributed by atoms with Crippen molar-refractivity contribution in [3.8, 4) is 0 Å². The van der Waals surface area contributed by atoms with Crippen molar-refractivity contribution in [1.29, 1.82) is 0 Å². The third-order valence-corrected chi connectivity index (χ3v) is 8.35. The lowest BCUT2D eigenvalue weighted by Gasteiger charge is -2.28. The first-order valence-corrected chi connectivity index (χ1v) is 15.4. The minimum atomic E-state index is -0.0683. The molecule has 0 radical (unpaired) electrons. The van der Waals surface area contributed by atoms with Gasteiger partial charge in [-0.05, 0) is 62.2 Å². The van der Waals surface area contributed by atoms with E-state index < -0.39 is 0 Å². The van der Waals surface area contributed by atoms with Crippen molar-refractivity contribution >= 4 is 11.9 Å². The highest BCUT2D eigenvalue weighted by atomic mass is 16.5. The van der Waals surface area contributed by atoms with Crippen molar-refractivity contribution in [2.45, 2.75) is 157 Å². The van der Waals surface area contributed by atoms with Crippen molar-refractivity contribution in [1.82, 2.24) is 0 Å². The van der Waals surface area contributed by atoms with Gasteiger partial charge in [0.05, 0.1) is 25.0 Å². The molecule has 1 saturated carbocycles. The van der Waals surface area contributed by atoms with Crippen LogP contribution in [0.25, 0.3) is 0 Å². The number of hydrogen-bond donors (Lipinski definition) is 0. The number of esters is 2. The summed E-state index contributed by atoms with van der Waals surface area (Å²) in [5.41, 5.74) is 0.440. The number of hydrogen-bond acceptors (Lipinski definition) is 4. The summed E-state index contributed by atoms with van der Waals surface area (Å²) >= 11 is 0. The van der Waals surface area contributed by atoms with Gasteiger partial charge in [-0.2, -0.15) is 0 Å². The van der Waals surface area contributed by atoms with E-state index >= 15 is 0 Å². The lowest BCUT2D eigenvalue weighted by molar-refractivity contribution is -0.156. The molecule has 0 atom stereocenters. The van der Waals surface area contributed by atoms with Gasteiger partial charge in [0.15, 0.2) is 0 Å². The molecule has 0 amide bonds. The second kappa shape index (κ2) is 18.2. The lowest BCUT2D eigenvalue weighted by Crippen LogP contribution is -2.29. The molecule has 0 unspecified atom stereocenters. The van der Waals surface area contributed by atoms with Gasteiger partial charge in [0.25, 0.3) is 0 Å². The Labute approximate surface area is 224 Å². The standard InChI is InChI=1S/C32H60O4/c1-7-9-11-13-15-21-31(3,4)23-25-35-29(33)27-17-19-28(20-18-27)30(34)36-26-24-32(5,6)22-16-14-12-10-8-2/h27-28H,7-26H2,1-6H3. The summed E-state index contributed by atoms with van der Waals surface area (Å²) in [4.78, 5) is 25.2. The predicted molar refractivity (Wildman–Crippen MR) is 151 cm³/mol. The molecule has 4 heteroatoms. The van der Waals surface area contributed by atoms with E-state index in [0.29, 0.717) is 13.2 Å². The van der Waals surface area contributed by atoms with Gasteiger partial charge in [-0.25, -0.2) is 0 Å². The zero-order valence-electron chi connectivity index (χ0n) is 24.9. The molecule has 0 bridgehead atoms. The fourth-order valence-electron chi connectivity index (χ4n) is 5.32. The summed E-state index contributed by atoms with van der Waals surface area (Å²) in [5, 5.41) is 0. The van der Waals surface area contributed by atoms with E-state index in [4.69, 9.17) is 9.47 Å². The molecule has 1 rings (SSSR count). The van der Waals surface area contributed by atoms with Gasteiger partial charge >= 0.3 is 11.9 Å². The molecule has 0 aromatic heterocycles. The average Bonchev–Trinajstić information content (AvgIpc) is 2.83. The van der Waals surface area contributed by atoms with E-state index in [-0.39, 0.29) is 34.6 Å². The molecule has 1 fully saturated rings. The third kappa shape index (κ3) is 15.3. The van der Waals surface area contributed by atoms with Crippen molar-refractivity contribution in [2.75, 3.05) is 13.2 Å². The molecule has 0 aromatic rings. The van der Waals surface area contributed by atoms with Gasteiger partial charge in [-0.1, -0.05) is 106 Å². The van der Waals surface area contributed by atoms with Crippen LogP contribution in [0.3, 0.4) is 0 Å². The summed E-state index contributed by atoms with van der Waals surface area (Å²) in [6, 6.07) is 0. The Hall–Kier alpha value is -1.06. The maximum Gasteiger partial charge on any atom is 0.308 e. The van der Waals surface area contributed by atoms with E-state index in [1.165, 1.54) is 77.0 Å². The van der Waals surface area contributed by atoms with Crippen LogP contribution in [-0.4, -0.2) is 25.2 Å². The Morgan fingerprint density at radius 3 is 1.22 bits per heavy atom. The maximum atomic E-state index is 12.6. The molecule has 1 aliphatic rings. The second-order valence-corrected chi connectivity index (χ2v) is 13.0. The molecule has 0 heterocycles. The van der Waals surface area contributed by atoms with Crippen LogP contribution >= 0.6 is 0 Å². The maximum absolute atomic E-state index is 12.6. The van der Waals surface area contributed by atoms with E-state index in [1.54, 1.807) is 0 Å². The zero-order valence-corrected chi connectivity index (χ0v) is 24.9. The number of ether oxygens (including phenoxy) is 2. The third-order valence-electron chi connectivity index (χ3n) is 8.35. The fraction of sp³-hybridized carbons (Fsp3) is 0.938. The molecule has 212 valence electrons. The zero-order chi connectivity index (χ0) is 26.9. The Morgan fingerprint density at radius 1 is 0.556 bits per heavy atom. The fourth-order valence-corrected chi connectivity index (χ4v) is 5.32. The van der Waals surface area contributed by atoms with Crippen LogP contribution in [0.4, 0.5) is 0 Å². The molecule has 0 saturated heterocycles. The van der Waals surface area contributed by atoms with Gasteiger partial charge in [-0.3, -0.25) is 9.59 Å². The Kier molecular flexibility index (Phi) is 16.7. The molecule has 0 aliphatic heterocycles. The first-order valence-electron chi connectivity index (χ1n) is 15.4. The highest BCUT2D eigenvalue weighted by Gasteiger charge is 2.32. The summed E-state index contributed by atoms with van der Waals surface area (Å²) in [5.74, 6) is -0.252. The van der Waals surface area contributed by atoms with E-state index in [0.717, 1.165) is 38.5 Å². The summed E-state index contributed by atoms with van der Waals surface area (Å²) in [6.07, 6.45) is 20.2. The quantitative estimate of drug-likeness (QED) is 0.121. The van der Waals surface area contributed by atoms with E-state index in [2.05, 4.69) is 41.5 Å². The van der Waals surface area contributed by atoms with Crippen LogP contribution < -0.4 is 0 Å². The molecule has 1 aliphatic carbocycles. The van der Waals surface area contributed by atoms with Crippen LogP contribution in [0.5, 0.6) is 0 Å². The Balaban J connectivity index is 2.19. The van der Waals surface area contributed by atoms with Crippen molar-refractivity contribution in [2.24, 2.45) is 22.7 Å². The number of carbonyl (C=O) groups excluding carboxylic acids is 2. The first kappa shape index (κ1) is 33.0. The molecule has 0 spiro atoms. The topological polar surface area (TPSA) is 52.6 Å². The molecular weight excluding hydrogens is 448 g/mol. The number of carbonyl (C=O) groups is 2. The minimum absolute atomic E-state index is 0.0575. The van der Waals surface area contributed by atoms with Gasteiger partial charge in [0, 0.05) is 0 Å². The smallest absolute Gasteiger partial charge is 0.308 e. The second-order valence-electron chi connectivity index (χ2n) is 13.0. The van der Waals surface area contributed by atoms with E-state index in [9.17, 15) is 9.59 Å². The predicted octanol–water partition coefficient (Wildman–Crippen LogP) is 9.43. The Bertz CT molecular complexity index is 535. The van der Waals surface area contributed by atoms with Gasteiger partial charge in [0.1, 0.15) is 0 Å². The van der Waals surface area contributed by atoms with Crippen molar-refractivity contribution < 1.29 is 19.1 Å². The molecule has 0 aromatic carbocycles. The SMILES string of the molecule is CCCCCCCC(C)(C)CCOC(=O)C1CCC(C(=O)OCCC(C)(C)CCCCCCC)CC1. The highest BCUT2D eigenvalue weighted by Crippen LogP contribution is 2.33. The normalized spacial score (nSPS) is 18.7. The summed E-state index contributed by atoms with van der Waals surface area (Å²) in [6.45, 7) is 14.6. The van der Waals surface area contributed by atoms with E-state index in [1.807, 2.05) is 0 Å². The van der Waals surface area contributed by atoms with Crippen LogP contribution in [0.2, 0.25) is 0 Å². The first-order chi connectivity index (χ1) is 17.1. The highest BCUT2D eigenvalue weighted by molar-refractivity contribution is 5.75. The van der Waals surface area contributed by atoms with Crippen LogP contribution in [0.15, 0.2) is 0 Å². The average molecular weight is 509 g/mol.